The molecule has 2 fully saturated rings. The molecule has 1 aromatic rings. The lowest BCUT2D eigenvalue weighted by atomic mass is 9.70. The van der Waals surface area contributed by atoms with Crippen LogP contribution >= 0.6 is 11.6 Å². The average molecular weight is 463 g/mol. The maximum atomic E-state index is 13.3. The van der Waals surface area contributed by atoms with Crippen molar-refractivity contribution in [3.05, 3.63) is 28.8 Å². The highest BCUT2D eigenvalue weighted by Gasteiger charge is 2.51. The van der Waals surface area contributed by atoms with Crippen LogP contribution < -0.4 is 10.1 Å². The first-order chi connectivity index (χ1) is 15.0. The van der Waals surface area contributed by atoms with Gasteiger partial charge in [0.25, 0.3) is 0 Å². The minimum atomic E-state index is -0.468. The molecule has 176 valence electrons. The third-order valence-corrected chi connectivity index (χ3v) is 7.38. The number of nitrogens with one attached hydrogen (secondary N) is 1. The maximum absolute atomic E-state index is 13.3. The fourth-order valence-electron chi connectivity index (χ4n) is 5.64. The Balaban J connectivity index is 1.51. The molecule has 2 amide bonds. The Kier molecular flexibility index (Phi) is 6.47. The summed E-state index contributed by atoms with van der Waals surface area (Å²) in [5, 5.41) is 3.55. The molecule has 0 spiro atoms. The zero-order valence-electron chi connectivity index (χ0n) is 19.7. The van der Waals surface area contributed by atoms with Crippen LogP contribution in [0.4, 0.5) is 0 Å². The van der Waals surface area contributed by atoms with E-state index in [9.17, 15) is 9.59 Å². The van der Waals surface area contributed by atoms with E-state index in [2.05, 4.69) is 33.0 Å². The van der Waals surface area contributed by atoms with Gasteiger partial charge < -0.3 is 19.7 Å². The van der Waals surface area contributed by atoms with Crippen LogP contribution in [0, 0.1) is 17.8 Å². The Morgan fingerprint density at radius 3 is 2.75 bits per heavy atom. The van der Waals surface area contributed by atoms with Gasteiger partial charge in [-0.05, 0) is 57.2 Å². The number of hydrogen-bond acceptors (Lipinski definition) is 4. The van der Waals surface area contributed by atoms with Crippen LogP contribution in [0.3, 0.4) is 0 Å². The van der Waals surface area contributed by atoms with Gasteiger partial charge in [0.1, 0.15) is 17.4 Å². The second-order valence-corrected chi connectivity index (χ2v) is 11.0. The number of amides is 2. The highest BCUT2D eigenvalue weighted by Crippen LogP contribution is 2.53. The smallest absolute Gasteiger partial charge is 0.245 e. The number of piperidine rings is 1. The molecule has 0 bridgehead atoms. The lowest BCUT2D eigenvalue weighted by Gasteiger charge is -2.53. The minimum Gasteiger partial charge on any atom is -0.487 e. The van der Waals surface area contributed by atoms with Crippen molar-refractivity contribution in [1.29, 1.82) is 0 Å². The molecule has 3 aliphatic rings. The van der Waals surface area contributed by atoms with Gasteiger partial charge >= 0.3 is 0 Å². The number of likely N-dealkylation sites (tertiary alicyclic amines) is 1. The maximum Gasteiger partial charge on any atom is 0.245 e. The molecule has 5 atom stereocenters. The molecule has 0 radical (unpaired) electrons. The Morgan fingerprint density at radius 1 is 1.31 bits per heavy atom. The van der Waals surface area contributed by atoms with Crippen molar-refractivity contribution in [2.45, 2.75) is 77.7 Å². The van der Waals surface area contributed by atoms with Gasteiger partial charge in [0.05, 0.1) is 12.2 Å². The zero-order valence-corrected chi connectivity index (χ0v) is 20.4. The molecule has 0 saturated carbocycles. The van der Waals surface area contributed by atoms with E-state index in [0.717, 1.165) is 24.2 Å². The van der Waals surface area contributed by atoms with E-state index in [1.807, 2.05) is 23.1 Å². The van der Waals surface area contributed by atoms with Gasteiger partial charge in [-0.25, -0.2) is 0 Å². The van der Waals surface area contributed by atoms with Crippen molar-refractivity contribution >= 4 is 23.4 Å². The quantitative estimate of drug-likeness (QED) is 0.722. The molecule has 1 aromatic carbocycles. The molecule has 1 N–H and O–H groups in total. The molecule has 7 heteroatoms. The number of ether oxygens (including phenoxy) is 2. The number of fused-ring (bicyclic) bond motifs is 4. The third kappa shape index (κ3) is 4.62. The summed E-state index contributed by atoms with van der Waals surface area (Å²) in [6, 6.07) is 5.29. The van der Waals surface area contributed by atoms with E-state index in [-0.39, 0.29) is 41.5 Å². The van der Waals surface area contributed by atoms with E-state index in [1.54, 1.807) is 0 Å². The number of carbonyl (C=O) groups is 2. The molecule has 0 aromatic heterocycles. The molecular formula is C25H35ClN2O4. The summed E-state index contributed by atoms with van der Waals surface area (Å²) in [4.78, 5) is 26.9. The fourth-order valence-corrected chi connectivity index (χ4v) is 5.82. The Labute approximate surface area is 196 Å². The van der Waals surface area contributed by atoms with Crippen molar-refractivity contribution in [2.24, 2.45) is 17.8 Å². The second kappa shape index (κ2) is 8.86. The van der Waals surface area contributed by atoms with E-state index >= 15 is 0 Å². The fraction of sp³-hybridized carbons (Fsp3) is 0.680. The van der Waals surface area contributed by atoms with Crippen LogP contribution in [0.1, 0.15) is 65.5 Å². The molecule has 3 aliphatic heterocycles. The number of nitrogens with zero attached hydrogens (tertiary/aromatic N) is 1. The van der Waals surface area contributed by atoms with Crippen LogP contribution in [0.5, 0.6) is 5.75 Å². The molecule has 3 heterocycles. The Morgan fingerprint density at radius 2 is 2.06 bits per heavy atom. The lowest BCUT2D eigenvalue weighted by molar-refractivity contribution is -0.189. The highest BCUT2D eigenvalue weighted by atomic mass is 35.5. The van der Waals surface area contributed by atoms with Crippen LogP contribution in [-0.2, 0) is 14.3 Å². The largest absolute Gasteiger partial charge is 0.487 e. The molecule has 32 heavy (non-hydrogen) atoms. The predicted molar refractivity (Wildman–Crippen MR) is 124 cm³/mol. The molecular weight excluding hydrogens is 428 g/mol. The van der Waals surface area contributed by atoms with E-state index in [4.69, 9.17) is 21.1 Å². The van der Waals surface area contributed by atoms with Crippen LogP contribution in [0.2, 0.25) is 5.02 Å². The summed E-state index contributed by atoms with van der Waals surface area (Å²) in [5.41, 5.74) is 0.653. The molecule has 0 aliphatic carbocycles. The summed E-state index contributed by atoms with van der Waals surface area (Å²) in [6.07, 6.45) is 2.41. The van der Waals surface area contributed by atoms with Crippen LogP contribution in [0.25, 0.3) is 0 Å². The number of rotatable bonds is 4. The normalized spacial score (nSPS) is 29.3. The van der Waals surface area contributed by atoms with Gasteiger partial charge in [-0.3, -0.25) is 9.59 Å². The van der Waals surface area contributed by atoms with Gasteiger partial charge in [0.2, 0.25) is 11.8 Å². The van der Waals surface area contributed by atoms with Crippen molar-refractivity contribution in [3.8, 4) is 5.75 Å². The number of carbonyl (C=O) groups excluding carboxylic acids is 2. The van der Waals surface area contributed by atoms with Crippen molar-refractivity contribution in [1.82, 2.24) is 10.2 Å². The van der Waals surface area contributed by atoms with Gasteiger partial charge in [-0.1, -0.05) is 25.4 Å². The molecule has 2 saturated heterocycles. The zero-order chi connectivity index (χ0) is 23.2. The van der Waals surface area contributed by atoms with E-state index in [0.29, 0.717) is 30.5 Å². The standard InChI is InChI=1S/C25H35ClN2O4/c1-14(2)10-20(27-15(3)29)24(30)28-9-8-21-16(13-28)11-19-23(31-21)18-12-17(26)6-7-22(18)32-25(19,4)5/h6-7,12,14,16,19-21,23H,8-11,13H2,1-5H3,(H,27,29)/t16-,19+,20+,21+,23-/m0/s1. The summed E-state index contributed by atoms with van der Waals surface area (Å²) in [7, 11) is 0. The number of hydrogen-bond donors (Lipinski definition) is 1. The van der Waals surface area contributed by atoms with Crippen LogP contribution in [0.15, 0.2) is 18.2 Å². The van der Waals surface area contributed by atoms with Crippen molar-refractivity contribution in [2.75, 3.05) is 13.1 Å². The Bertz CT molecular complexity index is 887. The monoisotopic (exact) mass is 462 g/mol. The predicted octanol–water partition coefficient (Wildman–Crippen LogP) is 4.36. The van der Waals surface area contributed by atoms with E-state index < -0.39 is 6.04 Å². The first-order valence-electron chi connectivity index (χ1n) is 11.7. The molecule has 0 unspecified atom stereocenters. The SMILES string of the molecule is CC(=O)N[C@H](CC(C)C)C(=O)N1CC[C@H]2O[C@H]3c4cc(Cl)ccc4OC(C)(C)[C@@H]3C[C@H]2C1. The summed E-state index contributed by atoms with van der Waals surface area (Å²) >= 11 is 6.29. The first-order valence-corrected chi connectivity index (χ1v) is 12.1. The second-order valence-electron chi connectivity index (χ2n) is 10.5. The van der Waals surface area contributed by atoms with Gasteiger partial charge in [0, 0.05) is 42.4 Å². The lowest BCUT2D eigenvalue weighted by Crippen LogP contribution is -2.58. The van der Waals surface area contributed by atoms with Crippen molar-refractivity contribution in [3.63, 3.8) is 0 Å². The average Bonchev–Trinajstić information content (AvgIpc) is 2.71. The summed E-state index contributed by atoms with van der Waals surface area (Å²) < 4.78 is 13.0. The number of halogens is 1. The minimum absolute atomic E-state index is 0.0192. The highest BCUT2D eigenvalue weighted by molar-refractivity contribution is 6.30. The van der Waals surface area contributed by atoms with Crippen molar-refractivity contribution < 1.29 is 19.1 Å². The summed E-state index contributed by atoms with van der Waals surface area (Å²) in [5.74, 6) is 1.44. The first kappa shape index (κ1) is 23.4. The molecule has 4 rings (SSSR count). The van der Waals surface area contributed by atoms with Gasteiger partial charge in [0.15, 0.2) is 0 Å². The van der Waals surface area contributed by atoms with E-state index in [1.165, 1.54) is 6.92 Å². The Hall–Kier alpha value is -1.79. The third-order valence-electron chi connectivity index (χ3n) is 7.15. The number of benzene rings is 1. The van der Waals surface area contributed by atoms with Gasteiger partial charge in [-0.2, -0.15) is 0 Å². The molecule has 6 nitrogen and oxygen atoms in total. The van der Waals surface area contributed by atoms with Gasteiger partial charge in [-0.15, -0.1) is 0 Å². The summed E-state index contributed by atoms with van der Waals surface area (Å²) in [6.45, 7) is 11.1. The topological polar surface area (TPSA) is 67.9 Å². The van der Waals surface area contributed by atoms with Crippen LogP contribution in [-0.4, -0.2) is 47.6 Å².